The van der Waals surface area contributed by atoms with Crippen LogP contribution in [0.5, 0.6) is 0 Å². The molecule has 1 N–H and O–H groups in total. The number of allylic oxidation sites excluding steroid dienone is 4. The molecule has 1 aromatic heterocycles. The van der Waals surface area contributed by atoms with Gasteiger partial charge in [0, 0.05) is 44.6 Å². The summed E-state index contributed by atoms with van der Waals surface area (Å²) in [4.78, 5) is 12.5. The van der Waals surface area contributed by atoms with E-state index in [1.807, 2.05) is 30.3 Å². The molecule has 0 amide bonds. The van der Waals surface area contributed by atoms with Crippen molar-refractivity contribution in [3.63, 3.8) is 0 Å². The summed E-state index contributed by atoms with van der Waals surface area (Å²) in [6.45, 7) is 6.51. The number of rotatable bonds is 8. The van der Waals surface area contributed by atoms with Gasteiger partial charge in [0.2, 0.25) is 0 Å². The molecule has 59 heavy (non-hydrogen) atoms. The maximum absolute atomic E-state index is 5.11. The van der Waals surface area contributed by atoms with Gasteiger partial charge in [-0.3, -0.25) is 0 Å². The van der Waals surface area contributed by atoms with E-state index in [1.54, 1.807) is 0 Å². The lowest BCUT2D eigenvalue weighted by molar-refractivity contribution is 0.674. The van der Waals surface area contributed by atoms with Crippen molar-refractivity contribution in [1.29, 1.82) is 0 Å². The van der Waals surface area contributed by atoms with Crippen LogP contribution in [-0.2, 0) is 0 Å². The minimum absolute atomic E-state index is 0.277. The zero-order valence-corrected chi connectivity index (χ0v) is 32.7. The van der Waals surface area contributed by atoms with Crippen molar-refractivity contribution in [1.82, 2.24) is 9.88 Å². The molecule has 10 rings (SSSR count). The Bertz CT molecular complexity index is 2970. The highest BCUT2D eigenvalue weighted by atomic mass is 15.2. The largest absolute Gasteiger partial charge is 0.344 e. The Morgan fingerprint density at radius 3 is 1.97 bits per heavy atom. The number of hydrogen-bond donors (Lipinski definition) is 1. The summed E-state index contributed by atoms with van der Waals surface area (Å²) in [6.07, 6.45) is 6.10. The van der Waals surface area contributed by atoms with Crippen molar-refractivity contribution < 1.29 is 0 Å². The number of aliphatic imine (C=N–C) groups is 2. The maximum Gasteiger partial charge on any atom is 0.159 e. The molecule has 1 unspecified atom stereocenters. The Morgan fingerprint density at radius 1 is 0.610 bits per heavy atom. The van der Waals surface area contributed by atoms with Crippen LogP contribution in [0.3, 0.4) is 0 Å². The summed E-state index contributed by atoms with van der Waals surface area (Å²) in [5, 5.41) is 4.81. The first-order valence-electron chi connectivity index (χ1n) is 20.0. The number of aromatic nitrogens is 1. The average molecular weight is 760 g/mol. The molecule has 0 bridgehead atoms. The number of nitrogens with zero attached hydrogens (tertiary/aromatic N) is 4. The van der Waals surface area contributed by atoms with Crippen molar-refractivity contribution in [2.75, 3.05) is 4.90 Å². The van der Waals surface area contributed by atoms with Crippen LogP contribution >= 0.6 is 0 Å². The predicted octanol–water partition coefficient (Wildman–Crippen LogP) is 13.1. The van der Waals surface area contributed by atoms with Crippen LogP contribution in [0.1, 0.15) is 35.3 Å². The fraction of sp³-hybridized carbons (Fsp3) is 0.0370. The van der Waals surface area contributed by atoms with Gasteiger partial charge in [-0.15, -0.1) is 0 Å². The molecule has 0 radical (unpaired) electrons. The van der Waals surface area contributed by atoms with Crippen LogP contribution in [0.4, 0.5) is 11.4 Å². The number of para-hydroxylation sites is 3. The molecule has 1 atom stereocenters. The van der Waals surface area contributed by atoms with Crippen molar-refractivity contribution in [2.45, 2.75) is 13.1 Å². The Balaban J connectivity index is 1.19. The summed E-state index contributed by atoms with van der Waals surface area (Å²) < 4.78 is 2.43. The van der Waals surface area contributed by atoms with E-state index in [9.17, 15) is 0 Å². The second kappa shape index (κ2) is 15.3. The molecule has 2 aliphatic heterocycles. The van der Waals surface area contributed by atoms with E-state index in [1.165, 1.54) is 0 Å². The first kappa shape index (κ1) is 35.6. The van der Waals surface area contributed by atoms with Gasteiger partial charge in [0.15, 0.2) is 5.84 Å². The molecule has 5 heteroatoms. The molecular weight excluding hydrogens is 719 g/mol. The smallest absolute Gasteiger partial charge is 0.159 e. The first-order valence-corrected chi connectivity index (χ1v) is 20.0. The number of benzene rings is 7. The minimum atomic E-state index is -0.277. The highest BCUT2D eigenvalue weighted by molar-refractivity contribution is 6.14. The topological polar surface area (TPSA) is 44.9 Å². The van der Waals surface area contributed by atoms with Crippen LogP contribution in [0.25, 0.3) is 44.5 Å². The minimum Gasteiger partial charge on any atom is -0.344 e. The lowest BCUT2D eigenvalue weighted by Crippen LogP contribution is -2.33. The summed E-state index contributed by atoms with van der Waals surface area (Å²) in [5.41, 5.74) is 15.2. The van der Waals surface area contributed by atoms with Crippen LogP contribution in [-0.4, -0.2) is 16.2 Å². The van der Waals surface area contributed by atoms with E-state index in [0.717, 1.165) is 89.7 Å². The molecule has 282 valence electrons. The molecular formula is C54H41N5. The van der Waals surface area contributed by atoms with E-state index in [0.29, 0.717) is 5.84 Å². The van der Waals surface area contributed by atoms with E-state index in [2.05, 4.69) is 204 Å². The summed E-state index contributed by atoms with van der Waals surface area (Å²) in [6, 6.07) is 66.1. The Hall–Kier alpha value is -7.76. The van der Waals surface area contributed by atoms with Crippen molar-refractivity contribution >= 4 is 39.5 Å². The Kier molecular flexibility index (Phi) is 9.24. The normalized spacial score (nSPS) is 14.9. The third kappa shape index (κ3) is 6.39. The first-order chi connectivity index (χ1) is 29.2. The SMILES string of the molecule is C=CC1=C(/C=C\C)c2c(n(-c3ccccc3)c3ccc(-c4cccc(C5=NC(c6ccccc6)=NC(c6ccccc6)N5)c4)cc23)-c2ccccc2N1c1ccccc1. The average Bonchev–Trinajstić information content (AvgIpc) is 3.59. The maximum atomic E-state index is 5.11. The van der Waals surface area contributed by atoms with Gasteiger partial charge < -0.3 is 14.8 Å². The van der Waals surface area contributed by atoms with Crippen LogP contribution in [0, 0.1) is 0 Å². The number of nitrogens with one attached hydrogen (secondary N) is 1. The van der Waals surface area contributed by atoms with Crippen molar-refractivity contribution in [3.8, 4) is 28.1 Å². The number of hydrogen-bond acceptors (Lipinski definition) is 4. The monoisotopic (exact) mass is 759 g/mol. The Labute approximate surface area is 345 Å². The number of anilines is 2. The second-order valence-electron chi connectivity index (χ2n) is 14.6. The molecule has 3 heterocycles. The zero-order chi connectivity index (χ0) is 39.7. The van der Waals surface area contributed by atoms with Crippen LogP contribution in [0.2, 0.25) is 0 Å². The second-order valence-corrected chi connectivity index (χ2v) is 14.6. The molecule has 0 fully saturated rings. The zero-order valence-electron chi connectivity index (χ0n) is 32.7. The number of amidine groups is 2. The third-order valence-electron chi connectivity index (χ3n) is 11.1. The van der Waals surface area contributed by atoms with Gasteiger partial charge in [0.1, 0.15) is 12.0 Å². The molecule has 2 aliphatic rings. The summed E-state index contributed by atoms with van der Waals surface area (Å²) >= 11 is 0. The van der Waals surface area contributed by atoms with Gasteiger partial charge >= 0.3 is 0 Å². The van der Waals surface area contributed by atoms with E-state index >= 15 is 0 Å². The molecule has 8 aromatic rings. The van der Waals surface area contributed by atoms with E-state index < -0.39 is 0 Å². The summed E-state index contributed by atoms with van der Waals surface area (Å²) in [5.74, 6) is 1.49. The van der Waals surface area contributed by atoms with Gasteiger partial charge in [0.05, 0.1) is 22.6 Å². The van der Waals surface area contributed by atoms with Crippen molar-refractivity contribution in [3.05, 3.63) is 241 Å². The predicted molar refractivity (Wildman–Crippen MR) is 246 cm³/mol. The standard InChI is InChI=1S/C54H41N5/c1-3-20-44-47(4-2)58(42-27-13-7-14-28-42)48-32-18-17-31-45(48)51-50(44)46-36-40(33-34-49(46)59(51)43-29-15-8-16-30-43)39-25-19-26-41(35-39)54-56-52(37-21-9-5-10-22-37)55-53(57-54)38-23-11-6-12-24-38/h3-36,52H,2H2,1H3,(H,55,56,57)/b20-3-. The highest BCUT2D eigenvalue weighted by Gasteiger charge is 2.31. The van der Waals surface area contributed by atoms with Gasteiger partial charge in [-0.05, 0) is 78.2 Å². The quantitative estimate of drug-likeness (QED) is 0.168. The summed E-state index contributed by atoms with van der Waals surface area (Å²) in [7, 11) is 0. The van der Waals surface area contributed by atoms with Gasteiger partial charge in [-0.25, -0.2) is 9.98 Å². The molecule has 5 nitrogen and oxygen atoms in total. The highest BCUT2D eigenvalue weighted by Crippen LogP contribution is 2.51. The molecule has 7 aromatic carbocycles. The van der Waals surface area contributed by atoms with Gasteiger partial charge in [-0.1, -0.05) is 158 Å². The van der Waals surface area contributed by atoms with Gasteiger partial charge in [0.25, 0.3) is 0 Å². The van der Waals surface area contributed by atoms with Crippen LogP contribution < -0.4 is 10.2 Å². The lowest BCUT2D eigenvalue weighted by atomic mass is 9.95. The lowest BCUT2D eigenvalue weighted by Gasteiger charge is -2.28. The van der Waals surface area contributed by atoms with E-state index in [-0.39, 0.29) is 6.17 Å². The number of fused-ring (bicyclic) bond motifs is 5. The molecule has 0 spiro atoms. The van der Waals surface area contributed by atoms with Crippen LogP contribution in [0.15, 0.2) is 229 Å². The molecule has 0 aliphatic carbocycles. The van der Waals surface area contributed by atoms with Gasteiger partial charge in [-0.2, -0.15) is 0 Å². The van der Waals surface area contributed by atoms with Crippen molar-refractivity contribution in [2.24, 2.45) is 9.98 Å². The molecule has 0 saturated heterocycles. The fourth-order valence-corrected chi connectivity index (χ4v) is 8.45. The fourth-order valence-electron chi connectivity index (χ4n) is 8.45. The Morgan fingerprint density at radius 2 is 1.24 bits per heavy atom. The molecule has 0 saturated carbocycles. The van der Waals surface area contributed by atoms with E-state index in [4.69, 9.17) is 9.98 Å². The third-order valence-corrected chi connectivity index (χ3v) is 11.1.